The topological polar surface area (TPSA) is 20.3 Å². The lowest BCUT2D eigenvalue weighted by Crippen LogP contribution is -2.19. The van der Waals surface area contributed by atoms with Gasteiger partial charge in [0.2, 0.25) is 0 Å². The maximum absolute atomic E-state index is 13.3. The van der Waals surface area contributed by atoms with Gasteiger partial charge in [0.05, 0.1) is 0 Å². The molecular formula is C14H18FNO. The van der Waals surface area contributed by atoms with Crippen LogP contribution in [0.25, 0.3) is 0 Å². The molecule has 0 radical (unpaired) electrons. The van der Waals surface area contributed by atoms with Crippen LogP contribution in [0.5, 0.6) is 0 Å². The zero-order valence-corrected chi connectivity index (χ0v) is 10.2. The van der Waals surface area contributed by atoms with E-state index >= 15 is 0 Å². The smallest absolute Gasteiger partial charge is 0.150 e. The molecule has 1 aliphatic heterocycles. The van der Waals surface area contributed by atoms with Crippen molar-refractivity contribution in [3.63, 3.8) is 0 Å². The Balaban J connectivity index is 2.12. The first-order valence-electron chi connectivity index (χ1n) is 6.23. The van der Waals surface area contributed by atoms with Crippen LogP contribution < -0.4 is 4.90 Å². The fourth-order valence-corrected chi connectivity index (χ4v) is 2.56. The number of aldehydes is 1. The van der Waals surface area contributed by atoms with E-state index in [1.54, 1.807) is 6.07 Å². The lowest BCUT2D eigenvalue weighted by molar-refractivity contribution is 0.112. The summed E-state index contributed by atoms with van der Waals surface area (Å²) < 4.78 is 13.3. The highest BCUT2D eigenvalue weighted by Gasteiger charge is 2.22. The number of benzene rings is 1. The summed E-state index contributed by atoms with van der Waals surface area (Å²) >= 11 is 0. The number of hydrogen-bond donors (Lipinski definition) is 0. The van der Waals surface area contributed by atoms with Crippen LogP contribution in [0.15, 0.2) is 18.2 Å². The van der Waals surface area contributed by atoms with Crippen LogP contribution in [0.2, 0.25) is 0 Å². The number of hydrogen-bond acceptors (Lipinski definition) is 2. The molecule has 1 heterocycles. The molecule has 0 amide bonds. The molecule has 1 unspecified atom stereocenters. The monoisotopic (exact) mass is 235 g/mol. The van der Waals surface area contributed by atoms with Crippen LogP contribution in [0, 0.1) is 11.7 Å². The second-order valence-corrected chi connectivity index (χ2v) is 4.75. The Morgan fingerprint density at radius 1 is 1.47 bits per heavy atom. The van der Waals surface area contributed by atoms with Gasteiger partial charge in [-0.05, 0) is 37.0 Å². The quantitative estimate of drug-likeness (QED) is 0.746. The van der Waals surface area contributed by atoms with E-state index in [4.69, 9.17) is 0 Å². The van der Waals surface area contributed by atoms with Gasteiger partial charge in [0.1, 0.15) is 12.1 Å². The predicted molar refractivity (Wildman–Crippen MR) is 67.0 cm³/mol. The molecule has 92 valence electrons. The Kier molecular flexibility index (Phi) is 3.77. The molecule has 2 nitrogen and oxygen atoms in total. The van der Waals surface area contributed by atoms with Crippen molar-refractivity contribution in [3.8, 4) is 0 Å². The molecule has 1 aromatic rings. The van der Waals surface area contributed by atoms with Gasteiger partial charge in [0.15, 0.2) is 0 Å². The van der Waals surface area contributed by atoms with Crippen LogP contribution in [-0.4, -0.2) is 19.4 Å². The van der Waals surface area contributed by atoms with Gasteiger partial charge in [-0.1, -0.05) is 13.3 Å². The van der Waals surface area contributed by atoms with Gasteiger partial charge in [-0.25, -0.2) is 4.39 Å². The van der Waals surface area contributed by atoms with Gasteiger partial charge in [0, 0.05) is 24.3 Å². The number of anilines is 1. The fourth-order valence-electron chi connectivity index (χ4n) is 2.56. The van der Waals surface area contributed by atoms with Gasteiger partial charge in [-0.2, -0.15) is 0 Å². The molecule has 17 heavy (non-hydrogen) atoms. The van der Waals surface area contributed by atoms with E-state index in [9.17, 15) is 9.18 Å². The molecule has 0 aromatic heterocycles. The Bertz CT molecular complexity index is 405. The normalized spacial score (nSPS) is 19.6. The van der Waals surface area contributed by atoms with Crippen LogP contribution in [0.1, 0.15) is 36.5 Å². The standard InChI is InChI=1S/C14H18FNO/c1-2-3-11-4-5-16(9-11)14-7-12(10-17)6-13(15)8-14/h6-8,10-11H,2-5,9H2,1H3. The SMILES string of the molecule is CCCC1CCN(c2cc(F)cc(C=O)c2)C1. The van der Waals surface area contributed by atoms with Gasteiger partial charge in [-0.15, -0.1) is 0 Å². The maximum atomic E-state index is 13.3. The van der Waals surface area contributed by atoms with Gasteiger partial charge >= 0.3 is 0 Å². The molecule has 0 N–H and O–H groups in total. The second-order valence-electron chi connectivity index (χ2n) is 4.75. The van der Waals surface area contributed by atoms with Crippen LogP contribution >= 0.6 is 0 Å². The highest BCUT2D eigenvalue weighted by atomic mass is 19.1. The molecule has 0 saturated carbocycles. The third-order valence-electron chi connectivity index (χ3n) is 3.39. The second kappa shape index (κ2) is 5.30. The first-order valence-corrected chi connectivity index (χ1v) is 6.23. The molecule has 1 saturated heterocycles. The van der Waals surface area contributed by atoms with E-state index in [2.05, 4.69) is 11.8 Å². The third-order valence-corrected chi connectivity index (χ3v) is 3.39. The molecular weight excluding hydrogens is 217 g/mol. The first kappa shape index (κ1) is 12.1. The Morgan fingerprint density at radius 2 is 2.29 bits per heavy atom. The molecule has 0 spiro atoms. The molecule has 1 fully saturated rings. The average molecular weight is 235 g/mol. The summed E-state index contributed by atoms with van der Waals surface area (Å²) in [6.07, 6.45) is 4.29. The van der Waals surface area contributed by atoms with Crippen LogP contribution in [0.3, 0.4) is 0 Å². The maximum Gasteiger partial charge on any atom is 0.150 e. The summed E-state index contributed by atoms with van der Waals surface area (Å²) in [6.45, 7) is 4.14. The minimum atomic E-state index is -0.330. The molecule has 3 heteroatoms. The highest BCUT2D eigenvalue weighted by molar-refractivity contribution is 5.77. The fraction of sp³-hybridized carbons (Fsp3) is 0.500. The Hall–Kier alpha value is -1.38. The molecule has 1 atom stereocenters. The summed E-state index contributed by atoms with van der Waals surface area (Å²) in [7, 11) is 0. The first-order chi connectivity index (χ1) is 8.22. The third kappa shape index (κ3) is 2.84. The molecule has 1 aliphatic rings. The summed E-state index contributed by atoms with van der Waals surface area (Å²) in [5, 5.41) is 0. The number of nitrogens with zero attached hydrogens (tertiary/aromatic N) is 1. The van der Waals surface area contributed by atoms with E-state index in [1.165, 1.54) is 31.4 Å². The van der Waals surface area contributed by atoms with E-state index in [0.717, 1.165) is 18.8 Å². The van der Waals surface area contributed by atoms with Crippen LogP contribution in [-0.2, 0) is 0 Å². The van der Waals surface area contributed by atoms with Crippen molar-refractivity contribution in [1.82, 2.24) is 0 Å². The summed E-state index contributed by atoms with van der Waals surface area (Å²) in [5.41, 5.74) is 1.25. The van der Waals surface area contributed by atoms with Crippen molar-refractivity contribution in [3.05, 3.63) is 29.6 Å². The zero-order chi connectivity index (χ0) is 12.3. The summed E-state index contributed by atoms with van der Waals surface area (Å²) in [4.78, 5) is 12.9. The van der Waals surface area contributed by atoms with E-state index in [0.29, 0.717) is 17.8 Å². The molecule has 2 rings (SSSR count). The zero-order valence-electron chi connectivity index (χ0n) is 10.2. The van der Waals surface area contributed by atoms with Gasteiger partial charge in [0.25, 0.3) is 0 Å². The number of halogens is 1. The minimum Gasteiger partial charge on any atom is -0.371 e. The van der Waals surface area contributed by atoms with E-state index in [-0.39, 0.29) is 5.82 Å². The Labute approximate surface area is 101 Å². The van der Waals surface area contributed by atoms with Crippen LogP contribution in [0.4, 0.5) is 10.1 Å². The molecule has 0 aliphatic carbocycles. The predicted octanol–water partition coefficient (Wildman–Crippen LogP) is 3.26. The lowest BCUT2D eigenvalue weighted by atomic mass is 10.0. The van der Waals surface area contributed by atoms with Crippen molar-refractivity contribution in [2.45, 2.75) is 26.2 Å². The van der Waals surface area contributed by atoms with Crippen molar-refractivity contribution < 1.29 is 9.18 Å². The largest absolute Gasteiger partial charge is 0.371 e. The average Bonchev–Trinajstić information content (AvgIpc) is 2.77. The molecule has 1 aromatic carbocycles. The van der Waals surface area contributed by atoms with Crippen molar-refractivity contribution >= 4 is 12.0 Å². The summed E-state index contributed by atoms with van der Waals surface area (Å²) in [5.74, 6) is 0.381. The summed E-state index contributed by atoms with van der Waals surface area (Å²) in [6, 6.07) is 4.56. The number of carbonyl (C=O) groups excluding carboxylic acids is 1. The minimum absolute atomic E-state index is 0.330. The molecule has 0 bridgehead atoms. The highest BCUT2D eigenvalue weighted by Crippen LogP contribution is 2.27. The Morgan fingerprint density at radius 3 is 3.00 bits per heavy atom. The van der Waals surface area contributed by atoms with Gasteiger partial charge < -0.3 is 4.90 Å². The number of carbonyl (C=O) groups is 1. The van der Waals surface area contributed by atoms with Gasteiger partial charge in [-0.3, -0.25) is 4.79 Å². The number of rotatable bonds is 4. The van der Waals surface area contributed by atoms with Crippen molar-refractivity contribution in [2.24, 2.45) is 5.92 Å². The van der Waals surface area contributed by atoms with E-state index < -0.39 is 0 Å². The van der Waals surface area contributed by atoms with Crippen molar-refractivity contribution in [2.75, 3.05) is 18.0 Å². The van der Waals surface area contributed by atoms with E-state index in [1.807, 2.05) is 0 Å². The van der Waals surface area contributed by atoms with Crippen molar-refractivity contribution in [1.29, 1.82) is 0 Å². The lowest BCUT2D eigenvalue weighted by Gasteiger charge is -2.19.